The maximum Gasteiger partial charge on any atom is 0.0192 e. The highest BCUT2D eigenvalue weighted by atomic mass is 15.2. The fourth-order valence-electron chi connectivity index (χ4n) is 2.40. The summed E-state index contributed by atoms with van der Waals surface area (Å²) in [5.74, 6) is 0.845. The molecule has 0 aromatic heterocycles. The molecule has 0 bridgehead atoms. The first-order valence-electron chi connectivity index (χ1n) is 6.54. The van der Waals surface area contributed by atoms with Gasteiger partial charge in [0.25, 0.3) is 0 Å². The fourth-order valence-corrected chi connectivity index (χ4v) is 2.40. The molecule has 1 saturated heterocycles. The first-order valence-corrected chi connectivity index (χ1v) is 6.54. The van der Waals surface area contributed by atoms with E-state index in [1.54, 1.807) is 0 Å². The summed E-state index contributed by atoms with van der Waals surface area (Å²) in [4.78, 5) is 2.66. The fraction of sp³-hybridized carbons (Fsp3) is 1.00. The lowest BCUT2D eigenvalue weighted by molar-refractivity contribution is 0.138. The molecule has 1 N–H and O–H groups in total. The molecule has 0 amide bonds. The smallest absolute Gasteiger partial charge is 0.0192 e. The van der Waals surface area contributed by atoms with Crippen molar-refractivity contribution in [2.75, 3.05) is 20.1 Å². The largest absolute Gasteiger partial charge is 0.316 e. The van der Waals surface area contributed by atoms with Crippen molar-refractivity contribution in [3.05, 3.63) is 0 Å². The summed E-state index contributed by atoms with van der Waals surface area (Å²) in [6.45, 7) is 9.58. The zero-order valence-corrected chi connectivity index (χ0v) is 10.9. The van der Waals surface area contributed by atoms with Gasteiger partial charge in [0.2, 0.25) is 0 Å². The predicted molar refractivity (Wildman–Crippen MR) is 67.2 cm³/mol. The summed E-state index contributed by atoms with van der Waals surface area (Å²) in [6.07, 6.45) is 5.43. The molecular weight excluding hydrogens is 184 g/mol. The maximum atomic E-state index is 3.41. The molecule has 1 fully saturated rings. The molecule has 1 aliphatic rings. The van der Waals surface area contributed by atoms with Crippen molar-refractivity contribution in [2.45, 2.75) is 58.5 Å². The van der Waals surface area contributed by atoms with Crippen LogP contribution < -0.4 is 5.32 Å². The van der Waals surface area contributed by atoms with E-state index in [1.807, 2.05) is 0 Å². The van der Waals surface area contributed by atoms with Gasteiger partial charge < -0.3 is 5.32 Å². The zero-order chi connectivity index (χ0) is 11.3. The minimum absolute atomic E-state index is 0.722. The number of nitrogens with zero attached hydrogens (tertiary/aromatic N) is 1. The Morgan fingerprint density at radius 2 is 2.00 bits per heavy atom. The summed E-state index contributed by atoms with van der Waals surface area (Å²) in [6, 6.07) is 1.49. The number of hydrogen-bond donors (Lipinski definition) is 1. The molecule has 1 rings (SSSR count). The molecule has 2 heteroatoms. The molecule has 0 aliphatic carbocycles. The Labute approximate surface area is 95.4 Å². The summed E-state index contributed by atoms with van der Waals surface area (Å²) >= 11 is 0. The van der Waals surface area contributed by atoms with Crippen LogP contribution in [-0.2, 0) is 0 Å². The average Bonchev–Trinajstić information content (AvgIpc) is 2.26. The van der Waals surface area contributed by atoms with Crippen molar-refractivity contribution in [2.24, 2.45) is 5.92 Å². The highest BCUT2D eigenvalue weighted by Crippen LogP contribution is 2.17. The average molecular weight is 212 g/mol. The Hall–Kier alpha value is -0.0800. The maximum absolute atomic E-state index is 3.41. The van der Waals surface area contributed by atoms with E-state index in [9.17, 15) is 0 Å². The summed E-state index contributed by atoms with van der Waals surface area (Å²) in [7, 11) is 2.09. The minimum atomic E-state index is 0.722. The van der Waals surface area contributed by atoms with Crippen LogP contribution in [0.5, 0.6) is 0 Å². The van der Waals surface area contributed by atoms with Gasteiger partial charge in [-0.3, -0.25) is 4.90 Å². The second kappa shape index (κ2) is 6.49. The third-order valence-electron chi connectivity index (χ3n) is 3.65. The topological polar surface area (TPSA) is 15.3 Å². The highest BCUT2D eigenvalue weighted by molar-refractivity contribution is 4.80. The van der Waals surface area contributed by atoms with Crippen LogP contribution in [0.4, 0.5) is 0 Å². The molecule has 1 heterocycles. The normalized spacial score (nSPS) is 25.8. The van der Waals surface area contributed by atoms with Crippen LogP contribution in [0, 0.1) is 5.92 Å². The molecule has 90 valence electrons. The SMILES string of the molecule is CNC1CCCN(C(C)CCC(C)C)C1. The first kappa shape index (κ1) is 13.0. The van der Waals surface area contributed by atoms with Gasteiger partial charge in [-0.1, -0.05) is 13.8 Å². The summed E-state index contributed by atoms with van der Waals surface area (Å²) in [5, 5.41) is 3.41. The van der Waals surface area contributed by atoms with Crippen molar-refractivity contribution < 1.29 is 0 Å². The second-order valence-electron chi connectivity index (χ2n) is 5.44. The number of likely N-dealkylation sites (tertiary alicyclic amines) is 1. The molecule has 15 heavy (non-hydrogen) atoms. The lowest BCUT2D eigenvalue weighted by Gasteiger charge is -2.37. The molecule has 0 spiro atoms. The van der Waals surface area contributed by atoms with Crippen LogP contribution >= 0.6 is 0 Å². The summed E-state index contributed by atoms with van der Waals surface area (Å²) in [5.41, 5.74) is 0. The number of likely N-dealkylation sites (N-methyl/N-ethyl adjacent to an activating group) is 1. The van der Waals surface area contributed by atoms with Crippen LogP contribution in [-0.4, -0.2) is 37.1 Å². The van der Waals surface area contributed by atoms with Crippen LogP contribution in [0.1, 0.15) is 46.5 Å². The van der Waals surface area contributed by atoms with Crippen LogP contribution in [0.3, 0.4) is 0 Å². The van der Waals surface area contributed by atoms with Gasteiger partial charge >= 0.3 is 0 Å². The molecule has 0 aromatic rings. The molecule has 0 saturated carbocycles. The highest BCUT2D eigenvalue weighted by Gasteiger charge is 2.22. The van der Waals surface area contributed by atoms with E-state index in [1.165, 1.54) is 38.8 Å². The van der Waals surface area contributed by atoms with Gasteiger partial charge in [0, 0.05) is 18.6 Å². The third kappa shape index (κ3) is 4.52. The van der Waals surface area contributed by atoms with Gasteiger partial charge in [-0.15, -0.1) is 0 Å². The van der Waals surface area contributed by atoms with E-state index in [0.29, 0.717) is 0 Å². The van der Waals surface area contributed by atoms with Crippen LogP contribution in [0.25, 0.3) is 0 Å². The van der Waals surface area contributed by atoms with Gasteiger partial charge in [0.15, 0.2) is 0 Å². The van der Waals surface area contributed by atoms with Gasteiger partial charge in [-0.05, 0) is 52.1 Å². The lowest BCUT2D eigenvalue weighted by Crippen LogP contribution is -2.47. The molecule has 2 unspecified atom stereocenters. The van der Waals surface area contributed by atoms with E-state index in [0.717, 1.165) is 18.0 Å². The van der Waals surface area contributed by atoms with Gasteiger partial charge in [0.1, 0.15) is 0 Å². The zero-order valence-electron chi connectivity index (χ0n) is 10.9. The molecule has 0 radical (unpaired) electrons. The van der Waals surface area contributed by atoms with Gasteiger partial charge in [-0.2, -0.15) is 0 Å². The van der Waals surface area contributed by atoms with Crippen molar-refractivity contribution in [1.29, 1.82) is 0 Å². The lowest BCUT2D eigenvalue weighted by atomic mass is 9.99. The predicted octanol–water partition coefficient (Wildman–Crippen LogP) is 2.49. The third-order valence-corrected chi connectivity index (χ3v) is 3.65. The van der Waals surface area contributed by atoms with E-state index in [4.69, 9.17) is 0 Å². The molecule has 2 nitrogen and oxygen atoms in total. The second-order valence-corrected chi connectivity index (χ2v) is 5.44. The molecule has 2 atom stereocenters. The van der Waals surface area contributed by atoms with Crippen molar-refractivity contribution in [3.63, 3.8) is 0 Å². The van der Waals surface area contributed by atoms with Crippen molar-refractivity contribution >= 4 is 0 Å². The number of nitrogens with one attached hydrogen (secondary N) is 1. The Balaban J connectivity index is 2.28. The molecular formula is C13H28N2. The minimum Gasteiger partial charge on any atom is -0.316 e. The van der Waals surface area contributed by atoms with Crippen LogP contribution in [0.2, 0.25) is 0 Å². The standard InChI is InChI=1S/C13H28N2/c1-11(2)7-8-12(3)15-9-5-6-13(10-15)14-4/h11-14H,5-10H2,1-4H3. The van der Waals surface area contributed by atoms with E-state index >= 15 is 0 Å². The van der Waals surface area contributed by atoms with Gasteiger partial charge in [-0.25, -0.2) is 0 Å². The number of hydrogen-bond acceptors (Lipinski definition) is 2. The summed E-state index contributed by atoms with van der Waals surface area (Å²) < 4.78 is 0. The number of piperidine rings is 1. The van der Waals surface area contributed by atoms with E-state index in [-0.39, 0.29) is 0 Å². The van der Waals surface area contributed by atoms with E-state index < -0.39 is 0 Å². The molecule has 0 aromatic carbocycles. The quantitative estimate of drug-likeness (QED) is 0.753. The van der Waals surface area contributed by atoms with Crippen molar-refractivity contribution in [3.8, 4) is 0 Å². The van der Waals surface area contributed by atoms with E-state index in [2.05, 4.69) is 38.0 Å². The molecule has 1 aliphatic heterocycles. The Kier molecular flexibility index (Phi) is 5.62. The Morgan fingerprint density at radius 3 is 2.60 bits per heavy atom. The number of rotatable bonds is 5. The van der Waals surface area contributed by atoms with Crippen LogP contribution in [0.15, 0.2) is 0 Å². The first-order chi connectivity index (χ1) is 7.13. The van der Waals surface area contributed by atoms with Crippen molar-refractivity contribution in [1.82, 2.24) is 10.2 Å². The Bertz CT molecular complexity index is 168. The van der Waals surface area contributed by atoms with Gasteiger partial charge in [0.05, 0.1) is 0 Å². The Morgan fingerprint density at radius 1 is 1.27 bits per heavy atom. The monoisotopic (exact) mass is 212 g/mol.